The fraction of sp³-hybridized carbons (Fsp3) is 0.364. The molecule has 0 heterocycles. The van der Waals surface area contributed by atoms with E-state index in [0.717, 1.165) is 18.3 Å². The van der Waals surface area contributed by atoms with Gasteiger partial charge in [-0.05, 0) is 30.9 Å². The van der Waals surface area contributed by atoms with Crippen LogP contribution in [0.3, 0.4) is 0 Å². The molecule has 4 heteroatoms. The Hall–Kier alpha value is -1.71. The largest absolute Gasteiger partial charge is 0.493 e. The smallest absolute Gasteiger partial charge is 0.170 e. The van der Waals surface area contributed by atoms with Crippen molar-refractivity contribution in [2.45, 2.75) is 12.8 Å². The Morgan fingerprint density at radius 2 is 2.33 bits per heavy atom. The summed E-state index contributed by atoms with van der Waals surface area (Å²) in [5, 5.41) is 11.5. The van der Waals surface area contributed by atoms with E-state index in [9.17, 15) is 0 Å². The number of rotatable bonds is 4. The Bertz CT molecular complexity index is 373. The summed E-state index contributed by atoms with van der Waals surface area (Å²) in [5.74, 6) is 1.59. The molecule has 0 spiro atoms. The van der Waals surface area contributed by atoms with Gasteiger partial charge in [0.1, 0.15) is 5.75 Å². The van der Waals surface area contributed by atoms with Crippen molar-refractivity contribution < 1.29 is 9.94 Å². The molecular weight excluding hydrogens is 192 g/mol. The number of nitrogens with zero attached hydrogens (tertiary/aromatic N) is 1. The third-order valence-electron chi connectivity index (χ3n) is 2.42. The lowest BCUT2D eigenvalue weighted by Gasteiger charge is -2.06. The summed E-state index contributed by atoms with van der Waals surface area (Å²) in [5.41, 5.74) is 6.15. The van der Waals surface area contributed by atoms with Gasteiger partial charge in [0.15, 0.2) is 5.84 Å². The molecule has 0 bridgehead atoms. The quantitative estimate of drug-likeness (QED) is 0.340. The van der Waals surface area contributed by atoms with Gasteiger partial charge in [0, 0.05) is 5.56 Å². The SMILES string of the molecule is N/C(=N\O)c1cccc(OCC2CC2)c1. The van der Waals surface area contributed by atoms with E-state index >= 15 is 0 Å². The molecule has 1 saturated carbocycles. The number of hydrogen-bond acceptors (Lipinski definition) is 3. The molecule has 1 aromatic rings. The third-order valence-corrected chi connectivity index (χ3v) is 2.42. The molecule has 1 aromatic carbocycles. The maximum absolute atomic E-state index is 8.53. The molecule has 0 amide bonds. The Morgan fingerprint density at radius 1 is 1.53 bits per heavy atom. The summed E-state index contributed by atoms with van der Waals surface area (Å²) in [6, 6.07) is 7.25. The van der Waals surface area contributed by atoms with E-state index in [2.05, 4.69) is 5.16 Å². The molecular formula is C11H14N2O2. The van der Waals surface area contributed by atoms with Crippen LogP contribution >= 0.6 is 0 Å². The van der Waals surface area contributed by atoms with E-state index < -0.39 is 0 Å². The van der Waals surface area contributed by atoms with E-state index in [1.165, 1.54) is 12.8 Å². The Kier molecular flexibility index (Phi) is 2.76. The maximum atomic E-state index is 8.53. The molecule has 0 atom stereocenters. The lowest BCUT2D eigenvalue weighted by Crippen LogP contribution is -2.13. The van der Waals surface area contributed by atoms with Gasteiger partial charge in [0.05, 0.1) is 6.61 Å². The topological polar surface area (TPSA) is 67.8 Å². The number of ether oxygens (including phenoxy) is 1. The summed E-state index contributed by atoms with van der Waals surface area (Å²) >= 11 is 0. The lowest BCUT2D eigenvalue weighted by molar-refractivity contribution is 0.299. The minimum Gasteiger partial charge on any atom is -0.493 e. The van der Waals surface area contributed by atoms with Gasteiger partial charge in [-0.15, -0.1) is 0 Å². The zero-order valence-electron chi connectivity index (χ0n) is 8.39. The Balaban J connectivity index is 2.03. The standard InChI is InChI=1S/C11H14N2O2/c12-11(13-14)9-2-1-3-10(6-9)15-7-8-4-5-8/h1-3,6,8,14H,4-5,7H2,(H2,12,13). The predicted molar refractivity (Wildman–Crippen MR) is 57.2 cm³/mol. The summed E-state index contributed by atoms with van der Waals surface area (Å²) in [7, 11) is 0. The second-order valence-corrected chi connectivity index (χ2v) is 3.77. The van der Waals surface area contributed by atoms with E-state index in [1.807, 2.05) is 12.1 Å². The molecule has 2 rings (SSSR count). The molecule has 0 radical (unpaired) electrons. The van der Waals surface area contributed by atoms with Gasteiger partial charge < -0.3 is 15.7 Å². The summed E-state index contributed by atoms with van der Waals surface area (Å²) in [4.78, 5) is 0. The number of oxime groups is 1. The van der Waals surface area contributed by atoms with Crippen LogP contribution in [-0.2, 0) is 0 Å². The van der Waals surface area contributed by atoms with Gasteiger partial charge >= 0.3 is 0 Å². The second kappa shape index (κ2) is 4.21. The first-order valence-electron chi connectivity index (χ1n) is 5.00. The number of hydrogen-bond donors (Lipinski definition) is 2. The zero-order chi connectivity index (χ0) is 10.7. The average Bonchev–Trinajstić information content (AvgIpc) is 3.09. The summed E-state index contributed by atoms with van der Waals surface area (Å²) < 4.78 is 5.57. The average molecular weight is 206 g/mol. The van der Waals surface area contributed by atoms with Crippen LogP contribution in [0.2, 0.25) is 0 Å². The molecule has 1 aliphatic carbocycles. The van der Waals surface area contributed by atoms with Crippen molar-refractivity contribution in [3.8, 4) is 5.75 Å². The molecule has 0 saturated heterocycles. The fourth-order valence-corrected chi connectivity index (χ4v) is 1.30. The highest BCUT2D eigenvalue weighted by atomic mass is 16.5. The monoisotopic (exact) mass is 206 g/mol. The minimum atomic E-state index is 0.104. The van der Waals surface area contributed by atoms with Gasteiger partial charge in [0.2, 0.25) is 0 Å². The van der Waals surface area contributed by atoms with Crippen LogP contribution in [-0.4, -0.2) is 17.6 Å². The van der Waals surface area contributed by atoms with Crippen LogP contribution in [0, 0.1) is 5.92 Å². The first kappa shape index (κ1) is 9.83. The first-order valence-corrected chi connectivity index (χ1v) is 5.00. The lowest BCUT2D eigenvalue weighted by atomic mass is 10.2. The van der Waals surface area contributed by atoms with Crippen molar-refractivity contribution in [3.05, 3.63) is 29.8 Å². The van der Waals surface area contributed by atoms with Crippen LogP contribution in [0.15, 0.2) is 29.4 Å². The molecule has 1 aliphatic rings. The van der Waals surface area contributed by atoms with Gasteiger partial charge in [0.25, 0.3) is 0 Å². The van der Waals surface area contributed by atoms with Gasteiger partial charge in [-0.25, -0.2) is 0 Å². The van der Waals surface area contributed by atoms with Crippen LogP contribution in [0.4, 0.5) is 0 Å². The Labute approximate surface area is 88.3 Å². The van der Waals surface area contributed by atoms with Crippen molar-refractivity contribution >= 4 is 5.84 Å². The van der Waals surface area contributed by atoms with E-state index in [0.29, 0.717) is 5.56 Å². The molecule has 1 fully saturated rings. The first-order chi connectivity index (χ1) is 7.29. The van der Waals surface area contributed by atoms with Crippen LogP contribution in [0.1, 0.15) is 18.4 Å². The molecule has 0 aliphatic heterocycles. The zero-order valence-corrected chi connectivity index (χ0v) is 8.39. The number of amidine groups is 1. The maximum Gasteiger partial charge on any atom is 0.170 e. The van der Waals surface area contributed by atoms with Crippen LogP contribution in [0.25, 0.3) is 0 Å². The number of nitrogens with two attached hydrogens (primary N) is 1. The van der Waals surface area contributed by atoms with Crippen LogP contribution in [0.5, 0.6) is 5.75 Å². The second-order valence-electron chi connectivity index (χ2n) is 3.77. The highest BCUT2D eigenvalue weighted by Crippen LogP contribution is 2.29. The highest BCUT2D eigenvalue weighted by molar-refractivity contribution is 5.97. The van der Waals surface area contributed by atoms with Gasteiger partial charge in [-0.1, -0.05) is 17.3 Å². The van der Waals surface area contributed by atoms with Crippen molar-refractivity contribution in [1.82, 2.24) is 0 Å². The highest BCUT2D eigenvalue weighted by Gasteiger charge is 2.21. The van der Waals surface area contributed by atoms with Gasteiger partial charge in [-0.2, -0.15) is 0 Å². The molecule has 0 aromatic heterocycles. The third kappa shape index (κ3) is 2.62. The van der Waals surface area contributed by atoms with Gasteiger partial charge in [-0.3, -0.25) is 0 Å². The minimum absolute atomic E-state index is 0.104. The molecule has 4 nitrogen and oxygen atoms in total. The molecule has 15 heavy (non-hydrogen) atoms. The summed E-state index contributed by atoms with van der Waals surface area (Å²) in [6.07, 6.45) is 2.53. The molecule has 0 unspecified atom stereocenters. The Morgan fingerprint density at radius 3 is 3.00 bits per heavy atom. The van der Waals surface area contributed by atoms with Crippen molar-refractivity contribution in [2.75, 3.05) is 6.61 Å². The number of benzene rings is 1. The van der Waals surface area contributed by atoms with Crippen molar-refractivity contribution in [1.29, 1.82) is 0 Å². The van der Waals surface area contributed by atoms with Crippen LogP contribution < -0.4 is 10.5 Å². The fourth-order valence-electron chi connectivity index (χ4n) is 1.30. The van der Waals surface area contributed by atoms with Crippen molar-refractivity contribution in [2.24, 2.45) is 16.8 Å². The van der Waals surface area contributed by atoms with E-state index in [4.69, 9.17) is 15.7 Å². The van der Waals surface area contributed by atoms with E-state index in [-0.39, 0.29) is 5.84 Å². The summed E-state index contributed by atoms with van der Waals surface area (Å²) in [6.45, 7) is 0.764. The predicted octanol–water partition coefficient (Wildman–Crippen LogP) is 1.57. The normalized spacial score (nSPS) is 16.4. The van der Waals surface area contributed by atoms with Crippen molar-refractivity contribution in [3.63, 3.8) is 0 Å². The van der Waals surface area contributed by atoms with E-state index in [1.54, 1.807) is 12.1 Å². The molecule has 80 valence electrons. The molecule has 3 N–H and O–H groups in total.